The lowest BCUT2D eigenvalue weighted by molar-refractivity contribution is -0.132. The molecule has 3 rings (SSSR count). The Bertz CT molecular complexity index is 633. The highest BCUT2D eigenvalue weighted by Crippen LogP contribution is 2.31. The number of carbonyl (C=O) groups excluding carboxylic acids is 1. The van der Waals surface area contributed by atoms with Crippen molar-refractivity contribution in [2.75, 3.05) is 18.4 Å². The number of hydrogen-bond donors (Lipinski definition) is 2. The lowest BCUT2D eigenvalue weighted by atomic mass is 9.92. The van der Waals surface area contributed by atoms with Crippen LogP contribution in [0.3, 0.4) is 0 Å². The first-order valence-corrected chi connectivity index (χ1v) is 7.26. The number of fused-ring (bicyclic) bond motifs is 1. The van der Waals surface area contributed by atoms with Gasteiger partial charge in [0.2, 0.25) is 0 Å². The Morgan fingerprint density at radius 3 is 2.81 bits per heavy atom. The van der Waals surface area contributed by atoms with Crippen LogP contribution in [0.25, 0.3) is 0 Å². The van der Waals surface area contributed by atoms with E-state index in [0.717, 1.165) is 16.8 Å². The van der Waals surface area contributed by atoms with Crippen molar-refractivity contribution in [3.8, 4) is 0 Å². The van der Waals surface area contributed by atoms with Gasteiger partial charge >= 0.3 is 5.97 Å². The van der Waals surface area contributed by atoms with E-state index in [1.54, 1.807) is 0 Å². The van der Waals surface area contributed by atoms with E-state index >= 15 is 0 Å². The van der Waals surface area contributed by atoms with E-state index in [-0.39, 0.29) is 24.1 Å². The molecule has 2 heterocycles. The first-order chi connectivity index (χ1) is 9.54. The number of carbonyl (C=O) groups is 2. The Hall–Kier alpha value is -1.12. The number of ketones is 1. The van der Waals surface area contributed by atoms with Crippen molar-refractivity contribution in [2.45, 2.75) is 12.3 Å². The summed E-state index contributed by atoms with van der Waals surface area (Å²) >= 11 is 2.16. The Morgan fingerprint density at radius 2 is 2.19 bits per heavy atom. The zero-order chi connectivity index (χ0) is 14.3. The largest absolute Gasteiger partial charge is 0.478 e. The molecule has 0 spiro atoms. The van der Waals surface area contributed by atoms with Crippen LogP contribution in [0.5, 0.6) is 0 Å². The molecule has 21 heavy (non-hydrogen) atoms. The van der Waals surface area contributed by atoms with Gasteiger partial charge in [0.15, 0.2) is 5.78 Å². The fourth-order valence-electron chi connectivity index (χ4n) is 2.61. The zero-order valence-electron chi connectivity index (χ0n) is 11.0. The summed E-state index contributed by atoms with van der Waals surface area (Å²) in [4.78, 5) is 23.0. The Kier molecular flexibility index (Phi) is 4.90. The van der Waals surface area contributed by atoms with Crippen LogP contribution in [-0.2, 0) is 16.0 Å². The quantitative estimate of drug-likeness (QED) is 0.568. The second-order valence-electron chi connectivity index (χ2n) is 5.03. The van der Waals surface area contributed by atoms with E-state index < -0.39 is 5.97 Å². The summed E-state index contributed by atoms with van der Waals surface area (Å²) in [5.74, 6) is -0.794. The van der Waals surface area contributed by atoms with Crippen LogP contribution in [0.2, 0.25) is 0 Å². The van der Waals surface area contributed by atoms with E-state index in [1.807, 2.05) is 21.3 Å². The number of rotatable bonds is 2. The minimum atomic E-state index is -0.913. The minimum Gasteiger partial charge on any atom is -0.478 e. The van der Waals surface area contributed by atoms with Crippen molar-refractivity contribution in [1.29, 1.82) is 0 Å². The van der Waals surface area contributed by atoms with Crippen LogP contribution in [0.4, 0.5) is 5.69 Å². The molecule has 2 N–H and O–H groups in total. The molecule has 1 atom stereocenters. The third kappa shape index (κ3) is 3.22. The first-order valence-electron chi connectivity index (χ1n) is 6.29. The van der Waals surface area contributed by atoms with Crippen molar-refractivity contribution in [3.05, 3.63) is 41.1 Å². The van der Waals surface area contributed by atoms with Crippen LogP contribution in [0, 0.1) is 0 Å². The van der Waals surface area contributed by atoms with Crippen molar-refractivity contribution < 1.29 is 14.7 Å². The third-order valence-electron chi connectivity index (χ3n) is 3.69. The lowest BCUT2D eigenvalue weighted by Gasteiger charge is -2.18. The van der Waals surface area contributed by atoms with Gasteiger partial charge in [-0.3, -0.25) is 4.79 Å². The molecular weight excluding hydrogens is 407 g/mol. The van der Waals surface area contributed by atoms with E-state index in [0.29, 0.717) is 25.1 Å². The van der Waals surface area contributed by atoms with Gasteiger partial charge in [-0.15, -0.1) is 12.4 Å². The van der Waals surface area contributed by atoms with Crippen molar-refractivity contribution in [2.24, 2.45) is 0 Å². The molecule has 0 aromatic heterocycles. The number of carboxylic acid groups (broad SMARTS) is 1. The fourth-order valence-corrected chi connectivity index (χ4v) is 3.34. The molecule has 1 saturated heterocycles. The molecule has 0 amide bonds. The van der Waals surface area contributed by atoms with Crippen LogP contribution in [0.1, 0.15) is 17.0 Å². The van der Waals surface area contributed by atoms with Crippen LogP contribution in [-0.4, -0.2) is 33.1 Å². The number of aliphatic carboxylic acids is 1. The smallest absolute Gasteiger partial charge is 0.333 e. The van der Waals surface area contributed by atoms with E-state index in [9.17, 15) is 9.59 Å². The second kappa shape index (κ2) is 6.33. The highest BCUT2D eigenvalue weighted by Gasteiger charge is 2.31. The highest BCUT2D eigenvalue weighted by atomic mass is 127. The van der Waals surface area contributed by atoms with Crippen molar-refractivity contribution in [3.63, 3.8) is 0 Å². The Balaban J connectivity index is 0.00000161. The zero-order valence-corrected chi connectivity index (χ0v) is 14.0. The van der Waals surface area contributed by atoms with Gasteiger partial charge in [0, 0.05) is 47.7 Å². The topological polar surface area (TPSA) is 69.6 Å². The molecule has 2 aliphatic rings. The van der Waals surface area contributed by atoms with Gasteiger partial charge in [-0.2, -0.15) is 0 Å². The summed E-state index contributed by atoms with van der Waals surface area (Å²) in [6.45, 7) is 1.19. The van der Waals surface area contributed by atoms with Crippen LogP contribution in [0.15, 0.2) is 30.0 Å². The molecule has 1 aromatic rings. The maximum atomic E-state index is 12.0. The molecular formula is C14H14ClIN2O3. The Labute approximate surface area is 142 Å². The number of hydrogen-bond acceptors (Lipinski definition) is 4. The molecule has 112 valence electrons. The van der Waals surface area contributed by atoms with E-state index in [4.69, 9.17) is 5.11 Å². The number of carboxylic acids is 1. The molecule has 0 bridgehead atoms. The summed E-state index contributed by atoms with van der Waals surface area (Å²) < 4.78 is 1.98. The molecule has 1 fully saturated rings. The average molecular weight is 421 g/mol. The monoisotopic (exact) mass is 420 g/mol. The summed E-state index contributed by atoms with van der Waals surface area (Å²) in [5, 5.41) is 12.0. The molecule has 1 aromatic carbocycles. The van der Waals surface area contributed by atoms with E-state index in [2.05, 4.69) is 28.2 Å². The highest BCUT2D eigenvalue weighted by molar-refractivity contribution is 14.1. The number of nitrogens with zero attached hydrogens (tertiary/aromatic N) is 1. The standard InChI is InChI=1S/C14H13IN2O3.ClH/c15-17-6-11(13(18)7-17)8-1-2-12-9(3-8)4-10(5-16-12)14(19)20;/h1-3,5,11,16H,4,6-7H2,(H,19,20);1H. The molecule has 1 unspecified atom stereocenters. The third-order valence-corrected chi connectivity index (χ3v) is 4.42. The first kappa shape index (κ1) is 16.3. The van der Waals surface area contributed by atoms with Gasteiger partial charge in [-0.1, -0.05) is 12.1 Å². The number of halogens is 2. The number of benzene rings is 1. The van der Waals surface area contributed by atoms with Crippen molar-refractivity contribution in [1.82, 2.24) is 3.11 Å². The number of Topliss-reactive ketones (excluding diaryl/α,β-unsaturated/α-hetero) is 1. The lowest BCUT2D eigenvalue weighted by Crippen LogP contribution is -2.14. The average Bonchev–Trinajstić information content (AvgIpc) is 2.76. The predicted molar refractivity (Wildman–Crippen MR) is 90.1 cm³/mol. The van der Waals surface area contributed by atoms with Crippen LogP contribution < -0.4 is 5.32 Å². The van der Waals surface area contributed by atoms with Crippen LogP contribution >= 0.6 is 35.3 Å². The van der Waals surface area contributed by atoms with E-state index in [1.165, 1.54) is 6.20 Å². The van der Waals surface area contributed by atoms with Gasteiger partial charge in [0.05, 0.1) is 18.0 Å². The summed E-state index contributed by atoms with van der Waals surface area (Å²) in [6, 6.07) is 5.82. The summed E-state index contributed by atoms with van der Waals surface area (Å²) in [6.07, 6.45) is 1.91. The molecule has 5 nitrogen and oxygen atoms in total. The fraction of sp³-hybridized carbons (Fsp3) is 0.286. The molecule has 7 heteroatoms. The van der Waals surface area contributed by atoms with Gasteiger partial charge in [0.1, 0.15) is 0 Å². The summed E-state index contributed by atoms with van der Waals surface area (Å²) in [7, 11) is 0. The second-order valence-corrected chi connectivity index (χ2v) is 6.40. The van der Waals surface area contributed by atoms with Gasteiger partial charge in [0.25, 0.3) is 0 Å². The molecule has 2 aliphatic heterocycles. The molecule has 0 radical (unpaired) electrons. The minimum absolute atomic E-state index is 0. The maximum absolute atomic E-state index is 12.0. The van der Waals surface area contributed by atoms with Crippen molar-refractivity contribution >= 4 is 52.7 Å². The Morgan fingerprint density at radius 1 is 1.43 bits per heavy atom. The van der Waals surface area contributed by atoms with Gasteiger partial charge in [-0.25, -0.2) is 7.91 Å². The number of anilines is 1. The van der Waals surface area contributed by atoms with Gasteiger partial charge in [-0.05, 0) is 17.2 Å². The molecule has 0 aliphatic carbocycles. The predicted octanol–water partition coefficient (Wildman–Crippen LogP) is 2.36. The summed E-state index contributed by atoms with van der Waals surface area (Å²) in [5.41, 5.74) is 3.15. The molecule has 0 saturated carbocycles. The number of nitrogens with one attached hydrogen (secondary N) is 1. The SMILES string of the molecule is Cl.O=C(O)C1=CNc2ccc(C3CN(I)CC3=O)cc2C1. The maximum Gasteiger partial charge on any atom is 0.333 e. The van der Waals surface area contributed by atoms with Gasteiger partial charge < -0.3 is 10.4 Å². The normalized spacial score (nSPS) is 21.1.